The number of ether oxygens (including phenoxy) is 1. The van der Waals surface area contributed by atoms with Crippen LogP contribution in [0.3, 0.4) is 0 Å². The molecule has 0 aliphatic rings. The predicted octanol–water partition coefficient (Wildman–Crippen LogP) is 11.0. The first-order chi connectivity index (χ1) is 20.2. The maximum Gasteiger partial charge on any atom is 0.319 e. The van der Waals surface area contributed by atoms with Gasteiger partial charge in [0.25, 0.3) is 0 Å². The number of carbonyl (C=O) groups excluding carboxylic acids is 1. The molecule has 0 aliphatic carbocycles. The zero-order valence-electron chi connectivity index (χ0n) is 28.6. The number of nitrogens with zero attached hydrogens (tertiary/aromatic N) is 1. The summed E-state index contributed by atoms with van der Waals surface area (Å²) >= 11 is 0. The topological polar surface area (TPSA) is 41.6 Å². The summed E-state index contributed by atoms with van der Waals surface area (Å²) in [5, 5.41) is 3.28. The summed E-state index contributed by atoms with van der Waals surface area (Å²) in [7, 11) is 0. The lowest BCUT2D eigenvalue weighted by molar-refractivity contribution is -0.143. The van der Waals surface area contributed by atoms with E-state index in [0.29, 0.717) is 13.2 Å². The molecule has 0 aromatic carbocycles. The van der Waals surface area contributed by atoms with Gasteiger partial charge in [-0.1, -0.05) is 175 Å². The summed E-state index contributed by atoms with van der Waals surface area (Å²) in [6.07, 6.45) is 36.7. The van der Waals surface area contributed by atoms with Gasteiger partial charge in [0.05, 0.1) is 6.54 Å². The molecule has 0 heterocycles. The second-order valence-corrected chi connectivity index (χ2v) is 12.7. The number of hydrogen-bond acceptors (Lipinski definition) is 4. The highest BCUT2D eigenvalue weighted by molar-refractivity contribution is 5.71. The van der Waals surface area contributed by atoms with Gasteiger partial charge in [0, 0.05) is 6.54 Å². The first-order valence-electron chi connectivity index (χ1n) is 18.8. The van der Waals surface area contributed by atoms with E-state index in [1.165, 1.54) is 167 Å². The highest BCUT2D eigenvalue weighted by Crippen LogP contribution is 2.13. The first kappa shape index (κ1) is 40.4. The molecule has 0 aromatic rings. The molecule has 0 bridgehead atoms. The molecule has 4 heteroatoms. The van der Waals surface area contributed by atoms with Crippen molar-refractivity contribution >= 4 is 5.97 Å². The Balaban J connectivity index is 4.01. The Morgan fingerprint density at radius 1 is 0.463 bits per heavy atom. The van der Waals surface area contributed by atoms with Crippen LogP contribution in [-0.2, 0) is 9.53 Å². The van der Waals surface area contributed by atoms with Crippen molar-refractivity contribution < 1.29 is 9.53 Å². The fourth-order valence-electron chi connectivity index (χ4n) is 5.72. The van der Waals surface area contributed by atoms with Crippen molar-refractivity contribution in [3.05, 3.63) is 0 Å². The minimum atomic E-state index is -0.0919. The molecule has 0 saturated carbocycles. The first-order valence-corrected chi connectivity index (χ1v) is 18.8. The van der Waals surface area contributed by atoms with Crippen LogP contribution in [-0.4, -0.2) is 50.2 Å². The third-order valence-corrected chi connectivity index (χ3v) is 8.55. The van der Waals surface area contributed by atoms with Crippen LogP contribution in [0.5, 0.6) is 0 Å². The SMILES string of the molecule is CCCCCCCCCCCCN(CCCCCCCCCCCC)CCOC(=O)CNCCCCCCCCC. The van der Waals surface area contributed by atoms with Gasteiger partial charge in [-0.25, -0.2) is 0 Å². The van der Waals surface area contributed by atoms with Crippen molar-refractivity contribution in [3.8, 4) is 0 Å². The van der Waals surface area contributed by atoms with Crippen LogP contribution < -0.4 is 5.32 Å². The number of esters is 1. The molecule has 0 atom stereocenters. The molecule has 0 spiro atoms. The van der Waals surface area contributed by atoms with Gasteiger partial charge in [0.2, 0.25) is 0 Å². The van der Waals surface area contributed by atoms with Gasteiger partial charge in [-0.3, -0.25) is 9.69 Å². The van der Waals surface area contributed by atoms with E-state index in [-0.39, 0.29) is 5.97 Å². The molecular formula is C37H76N2O2. The molecule has 246 valence electrons. The zero-order valence-corrected chi connectivity index (χ0v) is 28.6. The van der Waals surface area contributed by atoms with Crippen LogP contribution in [0.4, 0.5) is 0 Å². The average Bonchev–Trinajstić information content (AvgIpc) is 2.97. The van der Waals surface area contributed by atoms with Gasteiger partial charge >= 0.3 is 5.97 Å². The number of unbranched alkanes of at least 4 members (excludes halogenated alkanes) is 24. The van der Waals surface area contributed by atoms with Crippen LogP contribution in [0.25, 0.3) is 0 Å². The zero-order chi connectivity index (χ0) is 29.9. The highest BCUT2D eigenvalue weighted by atomic mass is 16.5. The summed E-state index contributed by atoms with van der Waals surface area (Å²) in [6.45, 7) is 11.9. The molecule has 0 fully saturated rings. The average molecular weight is 581 g/mol. The monoisotopic (exact) mass is 581 g/mol. The molecule has 0 aliphatic heterocycles. The molecule has 0 aromatic heterocycles. The molecule has 4 nitrogen and oxygen atoms in total. The van der Waals surface area contributed by atoms with E-state index in [9.17, 15) is 4.79 Å². The van der Waals surface area contributed by atoms with E-state index in [0.717, 1.165) is 32.6 Å². The Kier molecular flexibility index (Phi) is 35.1. The van der Waals surface area contributed by atoms with Gasteiger partial charge in [-0.15, -0.1) is 0 Å². The second-order valence-electron chi connectivity index (χ2n) is 12.7. The molecule has 1 N–H and O–H groups in total. The van der Waals surface area contributed by atoms with Crippen molar-refractivity contribution in [2.75, 3.05) is 39.3 Å². The number of carbonyl (C=O) groups is 1. The molecule has 0 radical (unpaired) electrons. The lowest BCUT2D eigenvalue weighted by atomic mass is 10.1. The van der Waals surface area contributed by atoms with Crippen LogP contribution in [0.15, 0.2) is 0 Å². The summed E-state index contributed by atoms with van der Waals surface area (Å²) in [5.74, 6) is -0.0919. The Hall–Kier alpha value is -0.610. The summed E-state index contributed by atoms with van der Waals surface area (Å²) in [5.41, 5.74) is 0. The van der Waals surface area contributed by atoms with E-state index < -0.39 is 0 Å². The molecule has 0 rings (SSSR count). The van der Waals surface area contributed by atoms with E-state index in [1.807, 2.05) is 0 Å². The Morgan fingerprint density at radius 2 is 0.805 bits per heavy atom. The third kappa shape index (κ3) is 33.8. The van der Waals surface area contributed by atoms with Crippen LogP contribution in [0, 0.1) is 0 Å². The van der Waals surface area contributed by atoms with E-state index >= 15 is 0 Å². The molecular weight excluding hydrogens is 504 g/mol. The molecule has 41 heavy (non-hydrogen) atoms. The standard InChI is InChI=1S/C37H76N2O2/c1-4-7-10-13-16-18-20-23-26-29-32-39(33-30-27-24-21-19-17-14-11-8-5-2)34-35-41-37(40)36-38-31-28-25-22-15-12-9-6-3/h38H,4-36H2,1-3H3. The third-order valence-electron chi connectivity index (χ3n) is 8.55. The van der Waals surface area contributed by atoms with Crippen molar-refractivity contribution in [3.63, 3.8) is 0 Å². The van der Waals surface area contributed by atoms with Crippen molar-refractivity contribution in [1.82, 2.24) is 10.2 Å². The van der Waals surface area contributed by atoms with E-state index in [1.54, 1.807) is 0 Å². The van der Waals surface area contributed by atoms with E-state index in [2.05, 4.69) is 31.0 Å². The van der Waals surface area contributed by atoms with Gasteiger partial charge < -0.3 is 10.1 Å². The van der Waals surface area contributed by atoms with Crippen molar-refractivity contribution in [1.29, 1.82) is 0 Å². The summed E-state index contributed by atoms with van der Waals surface area (Å²) in [4.78, 5) is 14.8. The highest BCUT2D eigenvalue weighted by Gasteiger charge is 2.08. The number of rotatable bonds is 35. The fraction of sp³-hybridized carbons (Fsp3) is 0.973. The fourth-order valence-corrected chi connectivity index (χ4v) is 5.72. The summed E-state index contributed by atoms with van der Waals surface area (Å²) in [6, 6.07) is 0. The predicted molar refractivity (Wildman–Crippen MR) is 182 cm³/mol. The second kappa shape index (κ2) is 35.6. The van der Waals surface area contributed by atoms with Crippen molar-refractivity contribution in [2.24, 2.45) is 0 Å². The lowest BCUT2D eigenvalue weighted by Gasteiger charge is -2.22. The number of nitrogens with one attached hydrogen (secondary N) is 1. The quantitative estimate of drug-likeness (QED) is 0.0598. The minimum absolute atomic E-state index is 0.0919. The largest absolute Gasteiger partial charge is 0.463 e. The molecule has 0 saturated heterocycles. The van der Waals surface area contributed by atoms with Gasteiger partial charge in [-0.2, -0.15) is 0 Å². The Bertz CT molecular complexity index is 475. The van der Waals surface area contributed by atoms with Crippen LogP contribution >= 0.6 is 0 Å². The minimum Gasteiger partial charge on any atom is -0.463 e. The van der Waals surface area contributed by atoms with Gasteiger partial charge in [0.15, 0.2) is 0 Å². The lowest BCUT2D eigenvalue weighted by Crippen LogP contribution is -2.32. The van der Waals surface area contributed by atoms with Crippen LogP contribution in [0.2, 0.25) is 0 Å². The Labute approximate surface area is 258 Å². The van der Waals surface area contributed by atoms with Gasteiger partial charge in [-0.05, 0) is 38.9 Å². The van der Waals surface area contributed by atoms with E-state index in [4.69, 9.17) is 4.74 Å². The molecule has 0 unspecified atom stereocenters. The maximum absolute atomic E-state index is 12.2. The Morgan fingerprint density at radius 3 is 1.20 bits per heavy atom. The van der Waals surface area contributed by atoms with Crippen LogP contribution in [0.1, 0.15) is 194 Å². The molecule has 0 amide bonds. The smallest absolute Gasteiger partial charge is 0.319 e. The summed E-state index contributed by atoms with van der Waals surface area (Å²) < 4.78 is 5.60. The van der Waals surface area contributed by atoms with Crippen molar-refractivity contribution in [2.45, 2.75) is 194 Å². The maximum atomic E-state index is 12.2. The number of hydrogen-bond donors (Lipinski definition) is 1. The van der Waals surface area contributed by atoms with Gasteiger partial charge in [0.1, 0.15) is 6.61 Å². The normalized spacial score (nSPS) is 11.5.